The number of amides is 1. The molecule has 30 heavy (non-hydrogen) atoms. The normalized spacial score (nSPS) is 11.3. The van der Waals surface area contributed by atoms with E-state index < -0.39 is 16.0 Å². The van der Waals surface area contributed by atoms with Crippen molar-refractivity contribution in [1.29, 1.82) is 0 Å². The van der Waals surface area contributed by atoms with Crippen LogP contribution in [0.2, 0.25) is 5.02 Å². The molecule has 0 saturated heterocycles. The molecule has 0 spiro atoms. The van der Waals surface area contributed by atoms with Crippen molar-refractivity contribution in [2.24, 2.45) is 5.10 Å². The van der Waals surface area contributed by atoms with Crippen molar-refractivity contribution in [2.75, 3.05) is 7.11 Å². The van der Waals surface area contributed by atoms with Crippen LogP contribution in [-0.2, 0) is 10.1 Å². The fraction of sp³-hybridized carbons (Fsp3) is 0.0476. The van der Waals surface area contributed by atoms with Gasteiger partial charge in [-0.15, -0.1) is 0 Å². The maximum atomic E-state index is 12.4. The Morgan fingerprint density at radius 3 is 2.37 bits per heavy atom. The lowest BCUT2D eigenvalue weighted by molar-refractivity contribution is 0.0955. The number of methoxy groups -OCH3 is 1. The van der Waals surface area contributed by atoms with Crippen LogP contribution in [0, 0.1) is 0 Å². The summed E-state index contributed by atoms with van der Waals surface area (Å²) in [5, 5.41) is 4.42. The summed E-state index contributed by atoms with van der Waals surface area (Å²) in [6.07, 6.45) is 1.39. The maximum absolute atomic E-state index is 12.4. The quantitative estimate of drug-likeness (QED) is 0.339. The Kier molecular flexibility index (Phi) is 6.71. The number of benzene rings is 3. The van der Waals surface area contributed by atoms with E-state index in [9.17, 15) is 13.2 Å². The molecule has 1 N–H and O–H groups in total. The van der Waals surface area contributed by atoms with Gasteiger partial charge in [0.25, 0.3) is 5.91 Å². The molecule has 0 heterocycles. The van der Waals surface area contributed by atoms with Crippen molar-refractivity contribution in [2.45, 2.75) is 4.90 Å². The second kappa shape index (κ2) is 9.43. The van der Waals surface area contributed by atoms with Gasteiger partial charge in [-0.1, -0.05) is 29.8 Å². The number of nitrogens with zero attached hydrogens (tertiary/aromatic N) is 1. The molecule has 0 aliphatic carbocycles. The van der Waals surface area contributed by atoms with E-state index in [1.54, 1.807) is 48.5 Å². The number of halogens is 1. The first kappa shape index (κ1) is 21.4. The van der Waals surface area contributed by atoms with Gasteiger partial charge in [-0.05, 0) is 60.2 Å². The number of nitrogens with one attached hydrogen (secondary N) is 1. The van der Waals surface area contributed by atoms with Crippen LogP contribution in [0.5, 0.6) is 11.5 Å². The topological polar surface area (TPSA) is 94.1 Å². The van der Waals surface area contributed by atoms with Gasteiger partial charge in [0.2, 0.25) is 0 Å². The number of hydrogen-bond donors (Lipinski definition) is 1. The molecule has 3 aromatic rings. The molecule has 0 aliphatic rings. The monoisotopic (exact) mass is 444 g/mol. The highest BCUT2D eigenvalue weighted by atomic mass is 35.5. The molecule has 3 rings (SSSR count). The van der Waals surface area contributed by atoms with Gasteiger partial charge in [0, 0.05) is 10.6 Å². The zero-order valence-electron chi connectivity index (χ0n) is 15.8. The van der Waals surface area contributed by atoms with E-state index in [1.807, 2.05) is 0 Å². The standard InChI is InChI=1S/C21H17ClN2O5S/c1-28-20-13-15(14-23-24-21(25)16-8-10-17(22)11-9-16)7-12-19(20)29-30(26,27)18-5-3-2-4-6-18/h2-14H,1H3,(H,24,25)/b23-14-. The van der Waals surface area contributed by atoms with E-state index in [0.717, 1.165) is 0 Å². The van der Waals surface area contributed by atoms with Crippen LogP contribution in [0.3, 0.4) is 0 Å². The summed E-state index contributed by atoms with van der Waals surface area (Å²) in [5.41, 5.74) is 3.37. The van der Waals surface area contributed by atoms with Crippen LogP contribution in [0.1, 0.15) is 15.9 Å². The van der Waals surface area contributed by atoms with Crippen LogP contribution in [0.25, 0.3) is 0 Å². The van der Waals surface area contributed by atoms with Gasteiger partial charge in [-0.2, -0.15) is 13.5 Å². The number of carbonyl (C=O) groups excluding carboxylic acids is 1. The van der Waals surface area contributed by atoms with Gasteiger partial charge in [0.15, 0.2) is 11.5 Å². The van der Waals surface area contributed by atoms with Crippen molar-refractivity contribution in [3.05, 3.63) is 88.9 Å². The maximum Gasteiger partial charge on any atom is 0.339 e. The SMILES string of the molecule is COc1cc(/C=N\NC(=O)c2ccc(Cl)cc2)ccc1OS(=O)(=O)c1ccccc1. The summed E-state index contributed by atoms with van der Waals surface area (Å²) in [6.45, 7) is 0. The highest BCUT2D eigenvalue weighted by Gasteiger charge is 2.18. The Labute approximate surface area is 179 Å². The smallest absolute Gasteiger partial charge is 0.339 e. The predicted octanol–water partition coefficient (Wildman–Crippen LogP) is 3.88. The Bertz CT molecular complexity index is 1160. The molecule has 0 bridgehead atoms. The average Bonchev–Trinajstić information content (AvgIpc) is 2.75. The van der Waals surface area contributed by atoms with Crippen molar-refractivity contribution in [3.63, 3.8) is 0 Å². The number of ether oxygens (including phenoxy) is 1. The molecule has 0 aliphatic heterocycles. The Morgan fingerprint density at radius 2 is 1.70 bits per heavy atom. The fourth-order valence-corrected chi connectivity index (χ4v) is 3.50. The number of hydrogen-bond acceptors (Lipinski definition) is 6. The summed E-state index contributed by atoms with van der Waals surface area (Å²) in [7, 11) is -2.61. The number of hydrazone groups is 1. The van der Waals surface area contributed by atoms with E-state index in [1.165, 1.54) is 37.6 Å². The fourth-order valence-electron chi connectivity index (χ4n) is 2.42. The zero-order valence-corrected chi connectivity index (χ0v) is 17.4. The van der Waals surface area contributed by atoms with Crippen molar-refractivity contribution < 1.29 is 22.1 Å². The lowest BCUT2D eigenvalue weighted by Crippen LogP contribution is -2.17. The van der Waals surface area contributed by atoms with E-state index in [2.05, 4.69) is 10.5 Å². The highest BCUT2D eigenvalue weighted by molar-refractivity contribution is 7.87. The minimum Gasteiger partial charge on any atom is -0.493 e. The molecule has 0 unspecified atom stereocenters. The zero-order chi connectivity index (χ0) is 21.6. The van der Waals surface area contributed by atoms with Gasteiger partial charge < -0.3 is 8.92 Å². The summed E-state index contributed by atoms with van der Waals surface area (Å²) in [4.78, 5) is 12.1. The van der Waals surface area contributed by atoms with E-state index >= 15 is 0 Å². The predicted molar refractivity (Wildman–Crippen MR) is 114 cm³/mol. The number of rotatable bonds is 7. The highest BCUT2D eigenvalue weighted by Crippen LogP contribution is 2.30. The minimum absolute atomic E-state index is 0.0302. The van der Waals surface area contributed by atoms with Gasteiger partial charge in [-0.3, -0.25) is 4.79 Å². The second-order valence-corrected chi connectivity index (χ2v) is 7.95. The molecule has 0 radical (unpaired) electrons. The molecule has 0 atom stereocenters. The Hall–Kier alpha value is -3.36. The Morgan fingerprint density at radius 1 is 1.00 bits per heavy atom. The molecule has 154 valence electrons. The molecule has 0 aromatic heterocycles. The molecule has 0 saturated carbocycles. The first-order valence-electron chi connectivity index (χ1n) is 8.65. The lowest BCUT2D eigenvalue weighted by atomic mass is 10.2. The third kappa shape index (κ3) is 5.37. The van der Waals surface area contributed by atoms with Crippen LogP contribution in [-0.4, -0.2) is 27.6 Å². The third-order valence-corrected chi connectivity index (χ3v) is 5.41. The number of carbonyl (C=O) groups is 1. The van der Waals surface area contributed by atoms with E-state index in [0.29, 0.717) is 16.1 Å². The van der Waals surface area contributed by atoms with Crippen molar-refractivity contribution in [1.82, 2.24) is 5.43 Å². The molecule has 0 fully saturated rings. The van der Waals surface area contributed by atoms with Crippen LogP contribution in [0.15, 0.2) is 82.8 Å². The van der Waals surface area contributed by atoms with Crippen LogP contribution < -0.4 is 14.3 Å². The first-order chi connectivity index (χ1) is 14.4. The molecule has 1 amide bonds. The van der Waals surface area contributed by atoms with E-state index in [-0.39, 0.29) is 16.4 Å². The molecule has 9 heteroatoms. The molecular formula is C21H17ClN2O5S. The van der Waals surface area contributed by atoms with Crippen molar-refractivity contribution in [3.8, 4) is 11.5 Å². The summed E-state index contributed by atoms with van der Waals surface area (Å²) in [5.74, 6) is -0.171. The molecular weight excluding hydrogens is 428 g/mol. The molecule has 3 aromatic carbocycles. The third-order valence-electron chi connectivity index (χ3n) is 3.91. The van der Waals surface area contributed by atoms with Gasteiger partial charge in [0.1, 0.15) is 4.90 Å². The van der Waals surface area contributed by atoms with E-state index in [4.69, 9.17) is 20.5 Å². The van der Waals surface area contributed by atoms with Gasteiger partial charge in [0.05, 0.1) is 13.3 Å². The minimum atomic E-state index is -4.00. The summed E-state index contributed by atoms with van der Waals surface area (Å²) in [6, 6.07) is 18.7. The van der Waals surface area contributed by atoms with Crippen LogP contribution >= 0.6 is 11.6 Å². The largest absolute Gasteiger partial charge is 0.493 e. The van der Waals surface area contributed by atoms with Crippen molar-refractivity contribution >= 4 is 33.8 Å². The van der Waals surface area contributed by atoms with Gasteiger partial charge in [-0.25, -0.2) is 5.43 Å². The molecule has 7 nitrogen and oxygen atoms in total. The Balaban J connectivity index is 1.71. The lowest BCUT2D eigenvalue weighted by Gasteiger charge is -2.11. The average molecular weight is 445 g/mol. The second-order valence-electron chi connectivity index (χ2n) is 5.97. The summed E-state index contributed by atoms with van der Waals surface area (Å²) < 4.78 is 35.2. The first-order valence-corrected chi connectivity index (χ1v) is 10.4. The summed E-state index contributed by atoms with van der Waals surface area (Å²) >= 11 is 5.80. The van der Waals surface area contributed by atoms with Gasteiger partial charge >= 0.3 is 10.1 Å². The van der Waals surface area contributed by atoms with Crippen LogP contribution in [0.4, 0.5) is 0 Å².